The van der Waals surface area contributed by atoms with Crippen LogP contribution in [-0.2, 0) is 4.79 Å². The zero-order valence-corrected chi connectivity index (χ0v) is 15.4. The van der Waals surface area contributed by atoms with E-state index in [4.69, 9.17) is 0 Å². The summed E-state index contributed by atoms with van der Waals surface area (Å²) >= 11 is 0. The maximum absolute atomic E-state index is 10.5. The Morgan fingerprint density at radius 2 is 1.73 bits per heavy atom. The molecule has 0 aromatic heterocycles. The molecule has 1 N–H and O–H groups in total. The fraction of sp³-hybridized carbons (Fsp3) is 0.318. The van der Waals surface area contributed by atoms with E-state index in [1.165, 1.54) is 16.8 Å². The van der Waals surface area contributed by atoms with Crippen molar-refractivity contribution in [3.8, 4) is 0 Å². The Kier molecular flexibility index (Phi) is 6.08. The van der Waals surface area contributed by atoms with Crippen LogP contribution in [0.25, 0.3) is 0 Å². The van der Waals surface area contributed by atoms with Crippen molar-refractivity contribution in [1.82, 2.24) is 4.90 Å². The average molecular weight is 349 g/mol. The molecule has 2 aromatic carbocycles. The lowest BCUT2D eigenvalue weighted by Gasteiger charge is -2.41. The van der Waals surface area contributed by atoms with Crippen molar-refractivity contribution in [3.05, 3.63) is 72.3 Å². The van der Waals surface area contributed by atoms with Crippen molar-refractivity contribution in [2.75, 3.05) is 36.4 Å². The molecule has 1 atom stereocenters. The molecule has 4 nitrogen and oxygen atoms in total. The van der Waals surface area contributed by atoms with Crippen LogP contribution >= 0.6 is 0 Å². The lowest BCUT2D eigenvalue weighted by Crippen LogP contribution is -2.48. The molecule has 26 heavy (non-hydrogen) atoms. The molecule has 0 saturated carbocycles. The zero-order chi connectivity index (χ0) is 18.4. The maximum atomic E-state index is 10.5. The van der Waals surface area contributed by atoms with Crippen molar-refractivity contribution < 1.29 is 4.79 Å². The number of carbonyl (C=O) groups excluding carboxylic acids is 1. The van der Waals surface area contributed by atoms with E-state index < -0.39 is 0 Å². The summed E-state index contributed by atoms with van der Waals surface area (Å²) in [5.41, 5.74) is 4.63. The van der Waals surface area contributed by atoms with Crippen LogP contribution in [0.5, 0.6) is 0 Å². The third-order valence-corrected chi connectivity index (χ3v) is 5.09. The van der Waals surface area contributed by atoms with Crippen LogP contribution in [0.4, 0.5) is 11.4 Å². The van der Waals surface area contributed by atoms with E-state index in [9.17, 15) is 4.79 Å². The van der Waals surface area contributed by atoms with Gasteiger partial charge in [0.15, 0.2) is 0 Å². The Hall–Kier alpha value is -2.59. The molecule has 0 bridgehead atoms. The predicted octanol–water partition coefficient (Wildman–Crippen LogP) is 4.08. The third-order valence-electron chi connectivity index (χ3n) is 5.09. The molecule has 0 aliphatic carbocycles. The minimum absolute atomic E-state index is 0.294. The smallest absolute Gasteiger partial charge is 0.211 e. The Balaban J connectivity index is 1.67. The SMILES string of the molecule is C=C(CC)C(c1ccccc1)N1CCN(c2ccc(NC=O)cc2)CC1. The first-order valence-electron chi connectivity index (χ1n) is 9.24. The molecular weight excluding hydrogens is 322 g/mol. The predicted molar refractivity (Wildman–Crippen MR) is 109 cm³/mol. The van der Waals surface area contributed by atoms with Gasteiger partial charge in [0.2, 0.25) is 6.41 Å². The Bertz CT molecular complexity index is 719. The van der Waals surface area contributed by atoms with Crippen molar-refractivity contribution in [1.29, 1.82) is 0 Å². The van der Waals surface area contributed by atoms with Gasteiger partial charge in [0, 0.05) is 37.6 Å². The molecule has 136 valence electrons. The highest BCUT2D eigenvalue weighted by molar-refractivity contribution is 5.72. The van der Waals surface area contributed by atoms with Crippen molar-refractivity contribution in [2.24, 2.45) is 0 Å². The van der Waals surface area contributed by atoms with Crippen LogP contribution < -0.4 is 10.2 Å². The molecule has 1 saturated heterocycles. The normalized spacial score (nSPS) is 16.1. The third kappa shape index (κ3) is 4.14. The largest absolute Gasteiger partial charge is 0.369 e. The molecule has 2 aromatic rings. The van der Waals surface area contributed by atoms with Gasteiger partial charge in [0.1, 0.15) is 0 Å². The minimum Gasteiger partial charge on any atom is -0.369 e. The van der Waals surface area contributed by atoms with Crippen molar-refractivity contribution in [2.45, 2.75) is 19.4 Å². The number of anilines is 2. The van der Waals surface area contributed by atoms with E-state index >= 15 is 0 Å². The molecule has 1 fully saturated rings. The maximum Gasteiger partial charge on any atom is 0.211 e. The highest BCUT2D eigenvalue weighted by atomic mass is 16.1. The molecule has 1 heterocycles. The summed E-state index contributed by atoms with van der Waals surface area (Å²) in [6.07, 6.45) is 1.70. The molecule has 1 aliphatic rings. The van der Waals surface area contributed by atoms with E-state index in [0.717, 1.165) is 38.3 Å². The van der Waals surface area contributed by atoms with Gasteiger partial charge in [0.25, 0.3) is 0 Å². The van der Waals surface area contributed by atoms with E-state index in [2.05, 4.69) is 71.1 Å². The zero-order valence-electron chi connectivity index (χ0n) is 15.4. The van der Waals surface area contributed by atoms with Gasteiger partial charge in [-0.2, -0.15) is 0 Å². The van der Waals surface area contributed by atoms with Gasteiger partial charge in [-0.1, -0.05) is 49.4 Å². The number of hydrogen-bond acceptors (Lipinski definition) is 3. The Labute approximate surface area is 156 Å². The van der Waals surface area contributed by atoms with Crippen LogP contribution in [0.3, 0.4) is 0 Å². The summed E-state index contributed by atoms with van der Waals surface area (Å²) in [5, 5.41) is 2.68. The van der Waals surface area contributed by atoms with Crippen LogP contribution in [0, 0.1) is 0 Å². The van der Waals surface area contributed by atoms with E-state index in [-0.39, 0.29) is 0 Å². The highest BCUT2D eigenvalue weighted by Gasteiger charge is 2.26. The molecule has 0 radical (unpaired) electrons. The summed E-state index contributed by atoms with van der Waals surface area (Å²) in [6, 6.07) is 19.0. The number of nitrogens with zero attached hydrogens (tertiary/aromatic N) is 2. The summed E-state index contributed by atoms with van der Waals surface area (Å²) in [7, 11) is 0. The molecule has 0 spiro atoms. The van der Waals surface area contributed by atoms with Gasteiger partial charge in [-0.3, -0.25) is 9.69 Å². The first kappa shape index (κ1) is 18.2. The number of benzene rings is 2. The number of rotatable bonds is 7. The van der Waals surface area contributed by atoms with Crippen molar-refractivity contribution >= 4 is 17.8 Å². The second kappa shape index (κ2) is 8.68. The minimum atomic E-state index is 0.294. The van der Waals surface area contributed by atoms with Crippen LogP contribution in [0.1, 0.15) is 24.9 Å². The molecule has 1 amide bonds. The second-order valence-electron chi connectivity index (χ2n) is 6.66. The first-order chi connectivity index (χ1) is 12.7. The second-order valence-corrected chi connectivity index (χ2v) is 6.66. The van der Waals surface area contributed by atoms with Gasteiger partial charge in [-0.05, 0) is 36.2 Å². The standard InChI is InChI=1S/C22H27N3O/c1-3-18(2)22(19-7-5-4-6-8-19)25-15-13-24(14-16-25)21-11-9-20(10-12-21)23-17-26/h4-12,17,22H,2-3,13-16H2,1H3,(H,23,26). The Morgan fingerprint density at radius 1 is 1.08 bits per heavy atom. The van der Waals surface area contributed by atoms with Gasteiger partial charge < -0.3 is 10.2 Å². The van der Waals surface area contributed by atoms with Crippen molar-refractivity contribution in [3.63, 3.8) is 0 Å². The van der Waals surface area contributed by atoms with Crippen LogP contribution in [0.15, 0.2) is 66.7 Å². The van der Waals surface area contributed by atoms with Crippen LogP contribution in [0.2, 0.25) is 0 Å². The first-order valence-corrected chi connectivity index (χ1v) is 9.24. The summed E-state index contributed by atoms with van der Waals surface area (Å²) in [4.78, 5) is 15.5. The van der Waals surface area contributed by atoms with E-state index in [1.807, 2.05) is 12.1 Å². The topological polar surface area (TPSA) is 35.6 Å². The number of piperazine rings is 1. The quantitative estimate of drug-likeness (QED) is 0.604. The average Bonchev–Trinajstić information content (AvgIpc) is 2.70. The molecule has 3 rings (SSSR count). The highest BCUT2D eigenvalue weighted by Crippen LogP contribution is 2.31. The van der Waals surface area contributed by atoms with Gasteiger partial charge in [-0.15, -0.1) is 0 Å². The summed E-state index contributed by atoms with van der Waals surface area (Å²) < 4.78 is 0. The van der Waals surface area contributed by atoms with Gasteiger partial charge in [-0.25, -0.2) is 0 Å². The summed E-state index contributed by atoms with van der Waals surface area (Å²) in [5.74, 6) is 0. The lowest BCUT2D eigenvalue weighted by molar-refractivity contribution is -0.105. The molecule has 1 aliphatic heterocycles. The van der Waals surface area contributed by atoms with Gasteiger partial charge in [0.05, 0.1) is 6.04 Å². The number of amides is 1. The van der Waals surface area contributed by atoms with E-state index in [0.29, 0.717) is 12.5 Å². The fourth-order valence-electron chi connectivity index (χ4n) is 3.61. The van der Waals surface area contributed by atoms with Crippen LogP contribution in [-0.4, -0.2) is 37.5 Å². The fourth-order valence-corrected chi connectivity index (χ4v) is 3.61. The number of hydrogen-bond donors (Lipinski definition) is 1. The molecule has 4 heteroatoms. The summed E-state index contributed by atoms with van der Waals surface area (Å²) in [6.45, 7) is 10.5. The van der Waals surface area contributed by atoms with Gasteiger partial charge >= 0.3 is 0 Å². The van der Waals surface area contributed by atoms with E-state index in [1.54, 1.807) is 0 Å². The number of nitrogens with one attached hydrogen (secondary N) is 1. The molecule has 1 unspecified atom stereocenters. The Morgan fingerprint density at radius 3 is 2.31 bits per heavy atom. The molecular formula is C22H27N3O. The lowest BCUT2D eigenvalue weighted by atomic mass is 9.95. The number of carbonyl (C=O) groups is 1. The monoisotopic (exact) mass is 349 g/mol.